The fourth-order valence-corrected chi connectivity index (χ4v) is 0.501. The summed E-state index contributed by atoms with van der Waals surface area (Å²) in [5, 5.41) is 7.92. The molecule has 14 heavy (non-hydrogen) atoms. The van der Waals surface area contributed by atoms with Crippen molar-refractivity contribution >= 4 is 5.97 Å². The zero-order valence-corrected chi connectivity index (χ0v) is 6.41. The van der Waals surface area contributed by atoms with Crippen LogP contribution in [0.25, 0.3) is 0 Å². The molecule has 0 aliphatic rings. The van der Waals surface area contributed by atoms with Gasteiger partial charge in [0.2, 0.25) is 0 Å². The van der Waals surface area contributed by atoms with Gasteiger partial charge in [0.1, 0.15) is 5.57 Å². The summed E-state index contributed by atoms with van der Waals surface area (Å²) in [5.74, 6) is -7.55. The third-order valence-corrected chi connectivity index (χ3v) is 1.27. The molecular weight excluding hydrogens is 218 g/mol. The summed E-state index contributed by atoms with van der Waals surface area (Å²) in [6.45, 7) is 2.17. The Kier molecular flexibility index (Phi) is 3.20. The highest BCUT2D eigenvalue weighted by Crippen LogP contribution is 2.38. The Bertz CT molecular complexity index is 256. The summed E-state index contributed by atoms with van der Waals surface area (Å²) in [4.78, 5) is 9.86. The van der Waals surface area contributed by atoms with E-state index in [0.717, 1.165) is 0 Å². The Hall–Kier alpha value is -1.21. The van der Waals surface area contributed by atoms with Crippen molar-refractivity contribution < 1.29 is 36.2 Å². The quantitative estimate of drug-likeness (QED) is 0.586. The lowest BCUT2D eigenvalue weighted by Crippen LogP contribution is -2.44. The number of carboxylic acids is 1. The predicted octanol–water partition coefficient (Wildman–Crippen LogP) is 2.16. The molecule has 82 valence electrons. The normalized spacial score (nSPS) is 15.0. The summed E-state index contributed by atoms with van der Waals surface area (Å²) in [6, 6.07) is 0. The van der Waals surface area contributed by atoms with E-state index < -0.39 is 29.8 Å². The Balaban J connectivity index is 4.97. The molecule has 0 fully saturated rings. The van der Waals surface area contributed by atoms with Crippen LogP contribution in [-0.4, -0.2) is 29.3 Å². The highest BCUT2D eigenvalue weighted by atomic mass is 19.4. The highest BCUT2D eigenvalue weighted by Gasteiger charge is 2.59. The largest absolute Gasteiger partial charge is 0.478 e. The molecule has 0 aliphatic heterocycles. The van der Waals surface area contributed by atoms with Crippen molar-refractivity contribution in [1.82, 2.24) is 0 Å². The van der Waals surface area contributed by atoms with Gasteiger partial charge in [0.15, 0.2) is 0 Å². The molecule has 2 nitrogen and oxygen atoms in total. The van der Waals surface area contributed by atoms with Crippen LogP contribution in [0.1, 0.15) is 0 Å². The highest BCUT2D eigenvalue weighted by molar-refractivity contribution is 5.87. The second-order valence-corrected chi connectivity index (χ2v) is 2.31. The van der Waals surface area contributed by atoms with Gasteiger partial charge >= 0.3 is 18.1 Å². The van der Waals surface area contributed by atoms with Gasteiger partial charge in [0.25, 0.3) is 6.17 Å². The molecule has 0 aliphatic carbocycles. The van der Waals surface area contributed by atoms with Crippen molar-refractivity contribution in [3.8, 4) is 0 Å². The monoisotopic (exact) mass is 222 g/mol. The smallest absolute Gasteiger partial charge is 0.426 e. The molecule has 8 heteroatoms. The first-order chi connectivity index (χ1) is 6.01. The third-order valence-electron chi connectivity index (χ3n) is 1.27. The number of rotatable bonds is 3. The zero-order valence-electron chi connectivity index (χ0n) is 6.41. The minimum Gasteiger partial charge on any atom is -0.478 e. The number of halogens is 6. The van der Waals surface area contributed by atoms with E-state index >= 15 is 0 Å². The van der Waals surface area contributed by atoms with Gasteiger partial charge in [-0.15, -0.1) is 0 Å². The van der Waals surface area contributed by atoms with Crippen molar-refractivity contribution in [1.29, 1.82) is 0 Å². The van der Waals surface area contributed by atoms with Gasteiger partial charge in [0, 0.05) is 0 Å². The number of carboxylic acid groups (broad SMARTS) is 1. The van der Waals surface area contributed by atoms with Crippen molar-refractivity contribution in [3.05, 3.63) is 12.2 Å². The van der Waals surface area contributed by atoms with E-state index in [1.165, 1.54) is 0 Å². The average Bonchev–Trinajstić information content (AvgIpc) is 1.99. The molecule has 1 N–H and O–H groups in total. The van der Waals surface area contributed by atoms with E-state index in [4.69, 9.17) is 5.11 Å². The van der Waals surface area contributed by atoms with Crippen molar-refractivity contribution in [3.63, 3.8) is 0 Å². The lowest BCUT2D eigenvalue weighted by molar-refractivity contribution is -0.234. The first kappa shape index (κ1) is 12.8. The van der Waals surface area contributed by atoms with E-state index in [0.29, 0.717) is 0 Å². The summed E-state index contributed by atoms with van der Waals surface area (Å²) >= 11 is 0. The van der Waals surface area contributed by atoms with Crippen LogP contribution in [0.4, 0.5) is 26.3 Å². The molecule has 0 aromatic carbocycles. The van der Waals surface area contributed by atoms with Gasteiger partial charge in [-0.3, -0.25) is 0 Å². The van der Waals surface area contributed by atoms with Gasteiger partial charge < -0.3 is 5.11 Å². The molecular formula is C6H4F6O2. The molecule has 0 aromatic rings. The number of aliphatic carboxylic acids is 1. The van der Waals surface area contributed by atoms with E-state index in [2.05, 4.69) is 6.58 Å². The predicted molar refractivity (Wildman–Crippen MR) is 32.7 cm³/mol. The van der Waals surface area contributed by atoms with Gasteiger partial charge in [-0.25, -0.2) is 9.18 Å². The van der Waals surface area contributed by atoms with Crippen molar-refractivity contribution in [2.45, 2.75) is 18.3 Å². The maximum Gasteiger partial charge on any atom is 0.426 e. The molecule has 0 rings (SSSR count). The van der Waals surface area contributed by atoms with Crippen LogP contribution in [0.2, 0.25) is 0 Å². The van der Waals surface area contributed by atoms with E-state index in [-0.39, 0.29) is 0 Å². The Morgan fingerprint density at radius 3 is 1.79 bits per heavy atom. The fraction of sp³-hybridized carbons (Fsp3) is 0.500. The third kappa shape index (κ3) is 2.39. The maximum atomic E-state index is 12.4. The molecule has 0 saturated heterocycles. The van der Waals surface area contributed by atoms with Gasteiger partial charge in [-0.1, -0.05) is 6.58 Å². The Morgan fingerprint density at radius 2 is 1.57 bits per heavy atom. The van der Waals surface area contributed by atoms with Crippen LogP contribution in [0, 0.1) is 0 Å². The summed E-state index contributed by atoms with van der Waals surface area (Å²) in [5.41, 5.74) is -2.14. The molecule has 0 aromatic heterocycles. The lowest BCUT2D eigenvalue weighted by Gasteiger charge is -2.22. The number of carbonyl (C=O) groups is 1. The van der Waals surface area contributed by atoms with Gasteiger partial charge in [-0.2, -0.15) is 22.0 Å². The minimum atomic E-state index is -5.83. The zero-order chi connectivity index (χ0) is 11.7. The van der Waals surface area contributed by atoms with Crippen LogP contribution in [0.5, 0.6) is 0 Å². The molecule has 0 spiro atoms. The van der Waals surface area contributed by atoms with Crippen LogP contribution in [-0.2, 0) is 4.79 Å². The average molecular weight is 222 g/mol. The van der Waals surface area contributed by atoms with E-state index in [1.807, 2.05) is 0 Å². The van der Waals surface area contributed by atoms with Crippen molar-refractivity contribution in [2.24, 2.45) is 0 Å². The van der Waals surface area contributed by atoms with Crippen LogP contribution < -0.4 is 0 Å². The molecule has 0 saturated carbocycles. The lowest BCUT2D eigenvalue weighted by atomic mass is 10.1. The molecule has 0 radical (unpaired) electrons. The molecule has 1 unspecified atom stereocenters. The Labute approximate surface area is 73.8 Å². The van der Waals surface area contributed by atoms with E-state index in [1.54, 1.807) is 0 Å². The summed E-state index contributed by atoms with van der Waals surface area (Å²) in [6.07, 6.45) is -10.4. The maximum absolute atomic E-state index is 12.4. The molecule has 1 atom stereocenters. The second kappa shape index (κ2) is 3.50. The first-order valence-electron chi connectivity index (χ1n) is 3.02. The fourth-order valence-electron chi connectivity index (χ4n) is 0.501. The van der Waals surface area contributed by atoms with E-state index in [9.17, 15) is 31.1 Å². The topological polar surface area (TPSA) is 37.3 Å². The van der Waals surface area contributed by atoms with Crippen LogP contribution in [0.3, 0.4) is 0 Å². The summed E-state index contributed by atoms with van der Waals surface area (Å²) in [7, 11) is 0. The van der Waals surface area contributed by atoms with Gasteiger partial charge in [0.05, 0.1) is 0 Å². The number of hydrogen-bond acceptors (Lipinski definition) is 1. The first-order valence-corrected chi connectivity index (χ1v) is 3.02. The SMILES string of the molecule is C=C(C(=O)O)C(F)(F)C(F)C(F)(F)F. The minimum absolute atomic E-state index is 2.14. The van der Waals surface area contributed by atoms with Gasteiger partial charge in [-0.05, 0) is 0 Å². The summed E-state index contributed by atoms with van der Waals surface area (Å²) < 4.78 is 71.3. The molecule has 0 heterocycles. The molecule has 0 bridgehead atoms. The molecule has 0 amide bonds. The standard InChI is InChI=1S/C6H4F6O2/c1-2(3(13)14)5(8,9)4(7)6(10,11)12/h4H,1H2,(H,13,14). The number of alkyl halides is 6. The van der Waals surface area contributed by atoms with Crippen molar-refractivity contribution in [2.75, 3.05) is 0 Å². The second-order valence-electron chi connectivity index (χ2n) is 2.31. The Morgan fingerprint density at radius 1 is 1.21 bits per heavy atom. The number of hydrogen-bond donors (Lipinski definition) is 1. The van der Waals surface area contributed by atoms with Crippen LogP contribution >= 0.6 is 0 Å². The van der Waals surface area contributed by atoms with Crippen LogP contribution in [0.15, 0.2) is 12.2 Å².